The van der Waals surface area contributed by atoms with Crippen LogP contribution in [0.15, 0.2) is 54.7 Å². The molecule has 3 N–H and O–H groups in total. The fraction of sp³-hybridized carbons (Fsp3) is 0.273. The van der Waals surface area contributed by atoms with Gasteiger partial charge >= 0.3 is 0 Å². The van der Waals surface area contributed by atoms with Crippen LogP contribution in [0.1, 0.15) is 49.0 Å². The van der Waals surface area contributed by atoms with Crippen molar-refractivity contribution < 1.29 is 9.59 Å². The zero-order chi connectivity index (χ0) is 19.8. The average molecular weight is 376 g/mol. The number of ketones is 1. The molecule has 3 aromatic rings. The molecule has 6 nitrogen and oxygen atoms in total. The Morgan fingerprint density at radius 1 is 0.857 bits per heavy atom. The minimum Gasteiger partial charge on any atom is -0.397 e. The van der Waals surface area contributed by atoms with Crippen molar-refractivity contribution in [3.05, 3.63) is 60.4 Å². The van der Waals surface area contributed by atoms with E-state index >= 15 is 0 Å². The summed E-state index contributed by atoms with van der Waals surface area (Å²) in [6.45, 7) is 0. The number of rotatable bonds is 9. The van der Waals surface area contributed by atoms with Crippen molar-refractivity contribution in [1.29, 1.82) is 0 Å². The number of carbonyl (C=O) groups is 2. The predicted octanol–water partition coefficient (Wildman–Crippen LogP) is 4.37. The molecule has 0 bridgehead atoms. The number of aromatic nitrogens is 2. The molecule has 1 heterocycles. The summed E-state index contributed by atoms with van der Waals surface area (Å²) in [6, 6.07) is 14.7. The summed E-state index contributed by atoms with van der Waals surface area (Å²) in [5.74, 6) is -0.0315. The largest absolute Gasteiger partial charge is 0.397 e. The van der Waals surface area contributed by atoms with Crippen molar-refractivity contribution in [1.82, 2.24) is 9.97 Å². The number of anilines is 2. The fourth-order valence-corrected chi connectivity index (χ4v) is 2.97. The standard InChI is InChI=1S/C22H24N4O2/c23-16-9-5-6-10-17(16)26-22(28)14-4-2-1-3-13-21(27)20-15-24-18-11-7-8-12-19(18)25-20/h5-12,15H,1-4,13-14,23H2,(H,26,28). The molecule has 1 amide bonds. The summed E-state index contributed by atoms with van der Waals surface area (Å²) >= 11 is 0. The zero-order valence-electron chi connectivity index (χ0n) is 15.7. The van der Waals surface area contributed by atoms with Crippen molar-refractivity contribution in [2.45, 2.75) is 38.5 Å². The topological polar surface area (TPSA) is 98.0 Å². The fourth-order valence-electron chi connectivity index (χ4n) is 2.97. The van der Waals surface area contributed by atoms with E-state index in [1.165, 1.54) is 0 Å². The summed E-state index contributed by atoms with van der Waals surface area (Å²) in [4.78, 5) is 32.9. The predicted molar refractivity (Wildman–Crippen MR) is 111 cm³/mol. The molecule has 0 fully saturated rings. The van der Waals surface area contributed by atoms with Crippen molar-refractivity contribution in [2.75, 3.05) is 11.1 Å². The molecule has 0 aliphatic rings. The van der Waals surface area contributed by atoms with Crippen LogP contribution in [0.2, 0.25) is 0 Å². The summed E-state index contributed by atoms with van der Waals surface area (Å²) in [5.41, 5.74) is 8.96. The normalized spacial score (nSPS) is 10.7. The van der Waals surface area contributed by atoms with Gasteiger partial charge in [-0.15, -0.1) is 0 Å². The van der Waals surface area contributed by atoms with Gasteiger partial charge in [0.1, 0.15) is 5.69 Å². The molecule has 0 saturated heterocycles. The minimum atomic E-state index is -0.0413. The lowest BCUT2D eigenvalue weighted by molar-refractivity contribution is -0.116. The maximum atomic E-state index is 12.3. The Morgan fingerprint density at radius 2 is 1.54 bits per heavy atom. The average Bonchev–Trinajstić information content (AvgIpc) is 2.71. The molecule has 0 spiro atoms. The third-order valence-electron chi connectivity index (χ3n) is 4.53. The Labute approximate surface area is 164 Å². The molecular formula is C22H24N4O2. The molecule has 0 aliphatic carbocycles. The van der Waals surface area contributed by atoms with Gasteiger partial charge in [0.15, 0.2) is 5.78 Å². The van der Waals surface area contributed by atoms with Gasteiger partial charge in [0.25, 0.3) is 0 Å². The Morgan fingerprint density at radius 3 is 2.32 bits per heavy atom. The molecular weight excluding hydrogens is 352 g/mol. The van der Waals surface area contributed by atoms with Crippen LogP contribution in [-0.2, 0) is 4.79 Å². The number of hydrogen-bond donors (Lipinski definition) is 2. The number of benzene rings is 2. The van der Waals surface area contributed by atoms with E-state index in [0.717, 1.165) is 36.7 Å². The molecule has 144 valence electrons. The van der Waals surface area contributed by atoms with Crippen LogP contribution in [0, 0.1) is 0 Å². The second-order valence-corrected chi connectivity index (χ2v) is 6.72. The number of Topliss-reactive ketones (excluding diaryl/α,β-unsaturated/α-hetero) is 1. The SMILES string of the molecule is Nc1ccccc1NC(=O)CCCCCCC(=O)c1cnc2ccccc2n1. The van der Waals surface area contributed by atoms with Crippen molar-refractivity contribution >= 4 is 34.1 Å². The number of nitrogens with zero attached hydrogens (tertiary/aromatic N) is 2. The van der Waals surface area contributed by atoms with Crippen LogP contribution < -0.4 is 11.1 Å². The Balaban J connectivity index is 1.34. The monoisotopic (exact) mass is 376 g/mol. The first-order valence-electron chi connectivity index (χ1n) is 9.53. The van der Waals surface area contributed by atoms with E-state index < -0.39 is 0 Å². The number of carbonyl (C=O) groups excluding carboxylic acids is 2. The summed E-state index contributed by atoms with van der Waals surface area (Å²) < 4.78 is 0. The lowest BCUT2D eigenvalue weighted by Gasteiger charge is -2.07. The molecule has 0 aliphatic heterocycles. The lowest BCUT2D eigenvalue weighted by atomic mass is 10.1. The first-order chi connectivity index (χ1) is 13.6. The van der Waals surface area contributed by atoms with E-state index in [4.69, 9.17) is 5.73 Å². The molecule has 0 radical (unpaired) electrons. The van der Waals surface area contributed by atoms with Crippen LogP contribution >= 0.6 is 0 Å². The van der Waals surface area contributed by atoms with E-state index in [0.29, 0.717) is 29.9 Å². The number of nitrogens with two attached hydrogens (primary N) is 1. The number of amides is 1. The van der Waals surface area contributed by atoms with Gasteiger partial charge in [-0.05, 0) is 37.1 Å². The molecule has 28 heavy (non-hydrogen) atoms. The van der Waals surface area contributed by atoms with Gasteiger partial charge in [-0.25, -0.2) is 4.98 Å². The van der Waals surface area contributed by atoms with Gasteiger partial charge in [0.2, 0.25) is 5.91 Å². The molecule has 2 aromatic carbocycles. The highest BCUT2D eigenvalue weighted by Crippen LogP contribution is 2.17. The summed E-state index contributed by atoms with van der Waals surface area (Å²) in [5, 5.41) is 2.82. The van der Waals surface area contributed by atoms with E-state index in [1.54, 1.807) is 18.3 Å². The third-order valence-corrected chi connectivity index (χ3v) is 4.53. The number of nitrogens with one attached hydrogen (secondary N) is 1. The maximum absolute atomic E-state index is 12.3. The zero-order valence-corrected chi connectivity index (χ0v) is 15.7. The van der Waals surface area contributed by atoms with E-state index in [2.05, 4.69) is 15.3 Å². The lowest BCUT2D eigenvalue weighted by Crippen LogP contribution is -2.12. The first kappa shape index (κ1) is 19.5. The molecule has 0 unspecified atom stereocenters. The molecule has 1 aromatic heterocycles. The van der Waals surface area contributed by atoms with E-state index in [1.807, 2.05) is 36.4 Å². The third kappa shape index (κ3) is 5.36. The highest BCUT2D eigenvalue weighted by molar-refractivity contribution is 5.95. The van der Waals surface area contributed by atoms with Crippen LogP contribution in [0.3, 0.4) is 0 Å². The Hall–Kier alpha value is -3.28. The van der Waals surface area contributed by atoms with Crippen LogP contribution in [0.25, 0.3) is 11.0 Å². The maximum Gasteiger partial charge on any atom is 0.224 e. The van der Waals surface area contributed by atoms with Crippen LogP contribution in [0.5, 0.6) is 0 Å². The molecule has 6 heteroatoms. The minimum absolute atomic E-state index is 0.00977. The second kappa shape index (κ2) is 9.60. The highest BCUT2D eigenvalue weighted by Gasteiger charge is 2.09. The van der Waals surface area contributed by atoms with Crippen molar-refractivity contribution in [2.24, 2.45) is 0 Å². The quantitative estimate of drug-likeness (QED) is 0.328. The van der Waals surface area contributed by atoms with Crippen molar-refractivity contribution in [3.63, 3.8) is 0 Å². The molecule has 3 rings (SSSR count). The van der Waals surface area contributed by atoms with E-state index in [9.17, 15) is 9.59 Å². The van der Waals surface area contributed by atoms with Gasteiger partial charge in [-0.3, -0.25) is 14.6 Å². The van der Waals surface area contributed by atoms with Gasteiger partial charge in [-0.1, -0.05) is 37.1 Å². The van der Waals surface area contributed by atoms with Gasteiger partial charge in [0, 0.05) is 12.8 Å². The highest BCUT2D eigenvalue weighted by atomic mass is 16.1. The van der Waals surface area contributed by atoms with E-state index in [-0.39, 0.29) is 11.7 Å². The second-order valence-electron chi connectivity index (χ2n) is 6.72. The molecule has 0 atom stereocenters. The number of hydrogen-bond acceptors (Lipinski definition) is 5. The first-order valence-corrected chi connectivity index (χ1v) is 9.53. The Bertz CT molecular complexity index is 971. The number of unbranched alkanes of at least 4 members (excludes halogenated alkanes) is 3. The van der Waals surface area contributed by atoms with Crippen LogP contribution in [-0.4, -0.2) is 21.7 Å². The number of nitrogen functional groups attached to an aromatic ring is 1. The smallest absolute Gasteiger partial charge is 0.224 e. The van der Waals surface area contributed by atoms with Crippen molar-refractivity contribution in [3.8, 4) is 0 Å². The summed E-state index contributed by atoms with van der Waals surface area (Å²) in [7, 11) is 0. The van der Waals surface area contributed by atoms with Gasteiger partial charge in [0.05, 0.1) is 28.6 Å². The van der Waals surface area contributed by atoms with Gasteiger partial charge in [-0.2, -0.15) is 0 Å². The summed E-state index contributed by atoms with van der Waals surface area (Å²) in [6.07, 6.45) is 5.79. The Kier molecular flexibility index (Phi) is 6.68. The molecule has 0 saturated carbocycles. The number of fused-ring (bicyclic) bond motifs is 1. The van der Waals surface area contributed by atoms with Crippen LogP contribution in [0.4, 0.5) is 11.4 Å². The van der Waals surface area contributed by atoms with Gasteiger partial charge < -0.3 is 11.1 Å². The number of para-hydroxylation sites is 4.